The van der Waals surface area contributed by atoms with E-state index in [1.54, 1.807) is 0 Å². The van der Waals surface area contributed by atoms with Crippen LogP contribution in [-0.4, -0.2) is 95.9 Å². The largest absolute Gasteiger partial charge is 0.394 e. The smallest absolute Gasteiger partial charge is 0.280 e. The Bertz CT molecular complexity index is 852. The van der Waals surface area contributed by atoms with Gasteiger partial charge in [0.2, 0.25) is 5.95 Å². The maximum atomic E-state index is 12.0. The molecule has 0 spiro atoms. The number of imidazole rings is 1. The molecule has 1 aliphatic rings. The molecule has 8 N–H and O–H groups in total. The monoisotopic (exact) mass is 387 g/mol. The van der Waals surface area contributed by atoms with Gasteiger partial charge in [-0.3, -0.25) is 14.3 Å². The highest BCUT2D eigenvalue weighted by Crippen LogP contribution is 2.37. The molecule has 13 heteroatoms. The molecule has 0 bridgehead atoms. The molecule has 0 amide bonds. The van der Waals surface area contributed by atoms with Gasteiger partial charge in [0.25, 0.3) is 5.56 Å². The Labute approximate surface area is 151 Å². The molecule has 3 rings (SSSR count). The number of nitrogens with zero attached hydrogens (tertiary/aromatic N) is 3. The van der Waals surface area contributed by atoms with Crippen LogP contribution in [0.15, 0.2) is 11.1 Å². The quantitative estimate of drug-likeness (QED) is 0.242. The van der Waals surface area contributed by atoms with Gasteiger partial charge in [-0.1, -0.05) is 0 Å². The lowest BCUT2D eigenvalue weighted by Crippen LogP contribution is -2.50. The summed E-state index contributed by atoms with van der Waals surface area (Å²) in [5, 5.41) is 48.7. The zero-order valence-electron chi connectivity index (χ0n) is 14.1. The molecule has 2 aromatic heterocycles. The van der Waals surface area contributed by atoms with Crippen molar-refractivity contribution in [2.75, 3.05) is 32.2 Å². The molecule has 0 saturated carbocycles. The van der Waals surface area contributed by atoms with E-state index in [2.05, 4.69) is 15.0 Å². The van der Waals surface area contributed by atoms with Crippen LogP contribution in [0.25, 0.3) is 11.2 Å². The molecule has 150 valence electrons. The van der Waals surface area contributed by atoms with E-state index in [4.69, 9.17) is 15.2 Å². The van der Waals surface area contributed by atoms with Gasteiger partial charge in [-0.05, 0) is 0 Å². The Hall–Kier alpha value is -2.13. The number of fused-ring (bicyclic) bond motifs is 1. The highest BCUT2D eigenvalue weighted by molar-refractivity contribution is 5.70. The normalized spacial score (nSPS) is 28.4. The first kappa shape index (κ1) is 19.6. The molecule has 0 radical (unpaired) electrons. The molecule has 13 nitrogen and oxygen atoms in total. The first-order chi connectivity index (χ1) is 12.9. The van der Waals surface area contributed by atoms with Gasteiger partial charge >= 0.3 is 0 Å². The number of rotatable bonds is 7. The Morgan fingerprint density at radius 1 is 1.37 bits per heavy atom. The second kappa shape index (κ2) is 7.47. The number of ether oxygens (including phenoxy) is 2. The molecular weight excluding hydrogens is 366 g/mol. The Balaban J connectivity index is 2.12. The predicted octanol–water partition coefficient (Wildman–Crippen LogP) is -4.16. The number of anilines is 1. The molecule has 27 heavy (non-hydrogen) atoms. The van der Waals surface area contributed by atoms with Crippen molar-refractivity contribution in [3.8, 4) is 0 Å². The summed E-state index contributed by atoms with van der Waals surface area (Å²) in [4.78, 5) is 22.2. The summed E-state index contributed by atoms with van der Waals surface area (Å²) in [7, 11) is 0. The molecular formula is C14H21N5O8. The second-order valence-corrected chi connectivity index (χ2v) is 6.16. The maximum Gasteiger partial charge on any atom is 0.280 e. The fourth-order valence-electron chi connectivity index (χ4n) is 3.01. The molecule has 3 heterocycles. The van der Waals surface area contributed by atoms with Crippen molar-refractivity contribution in [2.24, 2.45) is 0 Å². The minimum atomic E-state index is -1.85. The molecule has 1 aliphatic heterocycles. The number of nitrogens with two attached hydrogens (primary N) is 1. The number of aromatic amines is 1. The standard InChI is InChI=1S/C14H21N5O8/c15-13-17-11-8(12(25)18-13)16-5-19(11)14(4-26-6(1-20)2-21)10(24)9(23)7(3-22)27-14/h5-7,9-10,20-24H,1-4H2,(H3,15,17,18,25)/t7-,9-,10-,14-/m1/s1. The van der Waals surface area contributed by atoms with E-state index in [9.17, 15) is 30.3 Å². The Morgan fingerprint density at radius 2 is 2.07 bits per heavy atom. The highest BCUT2D eigenvalue weighted by Gasteiger charge is 2.56. The van der Waals surface area contributed by atoms with Gasteiger partial charge in [-0.25, -0.2) is 4.98 Å². The fraction of sp³-hybridized carbons (Fsp3) is 0.643. The Morgan fingerprint density at radius 3 is 2.67 bits per heavy atom. The van der Waals surface area contributed by atoms with Crippen LogP contribution in [0.2, 0.25) is 0 Å². The van der Waals surface area contributed by atoms with E-state index >= 15 is 0 Å². The van der Waals surface area contributed by atoms with Crippen LogP contribution in [0.3, 0.4) is 0 Å². The lowest BCUT2D eigenvalue weighted by Gasteiger charge is -2.34. The zero-order valence-corrected chi connectivity index (χ0v) is 14.1. The van der Waals surface area contributed by atoms with Crippen LogP contribution in [0.5, 0.6) is 0 Å². The number of aliphatic hydroxyl groups is 5. The van der Waals surface area contributed by atoms with Gasteiger partial charge in [0, 0.05) is 0 Å². The maximum absolute atomic E-state index is 12.0. The van der Waals surface area contributed by atoms with Gasteiger partial charge < -0.3 is 40.7 Å². The van der Waals surface area contributed by atoms with Crippen molar-refractivity contribution in [3.05, 3.63) is 16.7 Å². The van der Waals surface area contributed by atoms with Gasteiger partial charge in [-0.15, -0.1) is 0 Å². The van der Waals surface area contributed by atoms with Gasteiger partial charge in [0.15, 0.2) is 16.9 Å². The topological polar surface area (TPSA) is 209 Å². The third kappa shape index (κ3) is 3.19. The molecule has 0 aliphatic carbocycles. The molecule has 2 aromatic rings. The summed E-state index contributed by atoms with van der Waals surface area (Å²) in [5.74, 6) is -0.208. The van der Waals surface area contributed by atoms with Crippen molar-refractivity contribution in [3.63, 3.8) is 0 Å². The van der Waals surface area contributed by atoms with E-state index in [-0.39, 0.29) is 17.1 Å². The van der Waals surface area contributed by atoms with Crippen LogP contribution >= 0.6 is 0 Å². The summed E-state index contributed by atoms with van der Waals surface area (Å²) in [6, 6.07) is 0. The number of aromatic nitrogens is 4. The summed E-state index contributed by atoms with van der Waals surface area (Å²) >= 11 is 0. The summed E-state index contributed by atoms with van der Waals surface area (Å²) in [6.45, 7) is -2.09. The molecule has 1 fully saturated rings. The third-order valence-electron chi connectivity index (χ3n) is 4.47. The number of hydrogen-bond acceptors (Lipinski definition) is 11. The SMILES string of the molecule is Nc1nc2c(ncn2[C@]2(COC(CO)CO)O[C@H](CO)[C@@H](O)[C@H]2O)c(=O)[nH]1. The lowest BCUT2D eigenvalue weighted by molar-refractivity contribution is -0.195. The Kier molecular flexibility index (Phi) is 5.43. The van der Waals surface area contributed by atoms with Crippen molar-refractivity contribution >= 4 is 17.1 Å². The summed E-state index contributed by atoms with van der Waals surface area (Å²) in [5.41, 5.74) is 2.96. The van der Waals surface area contributed by atoms with Crippen LogP contribution in [-0.2, 0) is 15.2 Å². The average Bonchev–Trinajstić information content (AvgIpc) is 3.18. The van der Waals surface area contributed by atoms with Crippen molar-refractivity contribution in [1.29, 1.82) is 0 Å². The number of H-pyrrole nitrogens is 1. The van der Waals surface area contributed by atoms with Crippen LogP contribution < -0.4 is 11.3 Å². The lowest BCUT2D eigenvalue weighted by atomic mass is 10.0. The van der Waals surface area contributed by atoms with Gasteiger partial charge in [-0.2, -0.15) is 4.98 Å². The minimum Gasteiger partial charge on any atom is -0.394 e. The van der Waals surface area contributed by atoms with E-state index in [0.29, 0.717) is 0 Å². The predicted molar refractivity (Wildman–Crippen MR) is 88.4 cm³/mol. The fourth-order valence-corrected chi connectivity index (χ4v) is 3.01. The van der Waals surface area contributed by atoms with Gasteiger partial charge in [0.05, 0.1) is 32.8 Å². The number of nitrogens with one attached hydrogen (secondary N) is 1. The van der Waals surface area contributed by atoms with Gasteiger partial charge in [0.1, 0.15) is 24.4 Å². The first-order valence-corrected chi connectivity index (χ1v) is 8.09. The van der Waals surface area contributed by atoms with Crippen LogP contribution in [0.1, 0.15) is 0 Å². The van der Waals surface area contributed by atoms with E-state index in [1.807, 2.05) is 0 Å². The van der Waals surface area contributed by atoms with E-state index < -0.39 is 62.1 Å². The first-order valence-electron chi connectivity index (χ1n) is 8.09. The van der Waals surface area contributed by atoms with Crippen LogP contribution in [0.4, 0.5) is 5.95 Å². The van der Waals surface area contributed by atoms with Crippen molar-refractivity contribution in [1.82, 2.24) is 19.5 Å². The molecule has 1 saturated heterocycles. The van der Waals surface area contributed by atoms with E-state index in [1.165, 1.54) is 4.57 Å². The second-order valence-electron chi connectivity index (χ2n) is 6.16. The van der Waals surface area contributed by atoms with Crippen LogP contribution in [0, 0.1) is 0 Å². The molecule has 0 aromatic carbocycles. The summed E-state index contributed by atoms with van der Waals surface area (Å²) < 4.78 is 12.3. The number of aliphatic hydroxyl groups excluding tert-OH is 5. The molecule has 0 unspecified atom stereocenters. The van der Waals surface area contributed by atoms with Crippen molar-refractivity contribution in [2.45, 2.75) is 30.1 Å². The minimum absolute atomic E-state index is 0.0470. The number of nitrogen functional groups attached to an aromatic ring is 1. The van der Waals surface area contributed by atoms with E-state index in [0.717, 1.165) is 6.33 Å². The zero-order chi connectivity index (χ0) is 19.8. The molecule has 4 atom stereocenters. The number of hydrogen-bond donors (Lipinski definition) is 7. The highest BCUT2D eigenvalue weighted by atomic mass is 16.6. The summed E-state index contributed by atoms with van der Waals surface area (Å²) in [6.07, 6.45) is -4.11. The third-order valence-corrected chi connectivity index (χ3v) is 4.47. The van der Waals surface area contributed by atoms with Crippen molar-refractivity contribution < 1.29 is 35.0 Å². The average molecular weight is 387 g/mol.